The van der Waals surface area contributed by atoms with Gasteiger partial charge in [0.2, 0.25) is 0 Å². The molecule has 2 rings (SSSR count). The molecule has 0 saturated carbocycles. The van der Waals surface area contributed by atoms with E-state index in [-0.39, 0.29) is 11.2 Å². The summed E-state index contributed by atoms with van der Waals surface area (Å²) < 4.78 is 19.6. The van der Waals surface area contributed by atoms with E-state index in [0.29, 0.717) is 17.2 Å². The fraction of sp³-hybridized carbons (Fsp3) is 0.455. The highest BCUT2D eigenvalue weighted by Crippen LogP contribution is 2.37. The zero-order valence-electron chi connectivity index (χ0n) is 16.3. The lowest BCUT2D eigenvalue weighted by Crippen LogP contribution is -2.14. The maximum atomic E-state index is 14.4. The van der Waals surface area contributed by atoms with Crippen LogP contribution in [-0.4, -0.2) is 7.11 Å². The molecular formula is C22H31FO. The Hall–Kier alpha value is -1.83. The first-order valence-corrected chi connectivity index (χ1v) is 8.72. The summed E-state index contributed by atoms with van der Waals surface area (Å²) in [6, 6.07) is 11.2. The Morgan fingerprint density at radius 2 is 1.54 bits per heavy atom. The zero-order valence-corrected chi connectivity index (χ0v) is 16.3. The van der Waals surface area contributed by atoms with Gasteiger partial charge in [0, 0.05) is 5.56 Å². The molecule has 132 valence electrons. The van der Waals surface area contributed by atoms with Crippen LogP contribution >= 0.6 is 0 Å². The molecule has 0 unspecified atom stereocenters. The molecule has 0 radical (unpaired) electrons. The molecule has 0 fully saturated rings. The Labute approximate surface area is 146 Å². The summed E-state index contributed by atoms with van der Waals surface area (Å²) in [4.78, 5) is 0. The molecule has 0 aliphatic heterocycles. The maximum absolute atomic E-state index is 14.4. The second-order valence-electron chi connectivity index (χ2n) is 7.06. The second kappa shape index (κ2) is 8.32. The Bertz CT molecular complexity index is 666. The van der Waals surface area contributed by atoms with Crippen molar-refractivity contribution in [2.24, 2.45) is 0 Å². The molecule has 0 heterocycles. The normalized spacial score (nSPS) is 11.1. The van der Waals surface area contributed by atoms with Gasteiger partial charge in [-0.05, 0) is 46.2 Å². The van der Waals surface area contributed by atoms with E-state index in [4.69, 9.17) is 4.74 Å². The number of hydrogen-bond acceptors (Lipinski definition) is 1. The third kappa shape index (κ3) is 4.59. The smallest absolute Gasteiger partial charge is 0.131 e. The highest BCUT2D eigenvalue weighted by Gasteiger charge is 2.21. The molecule has 2 aromatic rings. The van der Waals surface area contributed by atoms with E-state index in [1.165, 1.54) is 11.6 Å². The molecule has 0 spiro atoms. The molecule has 0 aliphatic carbocycles. The van der Waals surface area contributed by atoms with Crippen LogP contribution in [0.1, 0.15) is 65.5 Å². The van der Waals surface area contributed by atoms with Crippen molar-refractivity contribution >= 4 is 0 Å². The predicted molar refractivity (Wildman–Crippen MR) is 103 cm³/mol. The number of rotatable bonds is 3. The van der Waals surface area contributed by atoms with Gasteiger partial charge in [-0.2, -0.15) is 0 Å². The lowest BCUT2D eigenvalue weighted by atomic mass is 9.80. The molecule has 2 heteroatoms. The van der Waals surface area contributed by atoms with Crippen molar-refractivity contribution in [3.05, 3.63) is 53.3 Å². The number of halogens is 1. The number of benzene rings is 2. The molecule has 24 heavy (non-hydrogen) atoms. The van der Waals surface area contributed by atoms with Crippen LogP contribution in [0, 0.1) is 5.82 Å². The van der Waals surface area contributed by atoms with Gasteiger partial charge in [-0.1, -0.05) is 66.7 Å². The van der Waals surface area contributed by atoms with Crippen molar-refractivity contribution in [2.45, 2.75) is 59.8 Å². The summed E-state index contributed by atoms with van der Waals surface area (Å²) in [5.74, 6) is 0.901. The third-order valence-corrected chi connectivity index (χ3v) is 3.98. The van der Waals surface area contributed by atoms with Crippen molar-refractivity contribution < 1.29 is 9.13 Å². The molecule has 0 aliphatic rings. The molecule has 2 aromatic carbocycles. The van der Waals surface area contributed by atoms with Gasteiger partial charge in [0.1, 0.15) is 11.6 Å². The maximum Gasteiger partial charge on any atom is 0.131 e. The van der Waals surface area contributed by atoms with Gasteiger partial charge in [0.05, 0.1) is 7.11 Å². The summed E-state index contributed by atoms with van der Waals surface area (Å²) in [6.45, 7) is 14.8. The van der Waals surface area contributed by atoms with Gasteiger partial charge in [-0.25, -0.2) is 4.39 Å². The first-order chi connectivity index (χ1) is 11.2. The zero-order chi connectivity index (χ0) is 18.5. The summed E-state index contributed by atoms with van der Waals surface area (Å²) in [5, 5.41) is 0. The molecular weight excluding hydrogens is 299 g/mol. The van der Waals surface area contributed by atoms with E-state index in [1.54, 1.807) is 19.2 Å². The average Bonchev–Trinajstić information content (AvgIpc) is 2.56. The highest BCUT2D eigenvalue weighted by molar-refractivity contribution is 5.71. The van der Waals surface area contributed by atoms with E-state index >= 15 is 0 Å². The van der Waals surface area contributed by atoms with E-state index in [2.05, 4.69) is 46.8 Å². The van der Waals surface area contributed by atoms with E-state index in [0.717, 1.165) is 11.1 Å². The average molecular weight is 330 g/mol. The number of methoxy groups -OCH3 is 1. The largest absolute Gasteiger partial charge is 0.497 e. The number of hydrogen-bond donors (Lipinski definition) is 0. The predicted octanol–water partition coefficient (Wildman–Crippen LogP) is 6.95. The van der Waals surface area contributed by atoms with Gasteiger partial charge in [-0.3, -0.25) is 0 Å². The second-order valence-corrected chi connectivity index (χ2v) is 7.06. The summed E-state index contributed by atoms with van der Waals surface area (Å²) >= 11 is 0. The van der Waals surface area contributed by atoms with Crippen molar-refractivity contribution in [2.75, 3.05) is 7.11 Å². The lowest BCUT2D eigenvalue weighted by molar-refractivity contribution is 0.414. The minimum atomic E-state index is -0.219. The van der Waals surface area contributed by atoms with Gasteiger partial charge in [0.25, 0.3) is 0 Å². The summed E-state index contributed by atoms with van der Waals surface area (Å²) in [7, 11) is 1.60. The molecule has 1 nitrogen and oxygen atoms in total. The monoisotopic (exact) mass is 330 g/mol. The van der Waals surface area contributed by atoms with Crippen molar-refractivity contribution in [1.82, 2.24) is 0 Å². The van der Waals surface area contributed by atoms with Crippen molar-refractivity contribution in [3.63, 3.8) is 0 Å². The van der Waals surface area contributed by atoms with E-state index in [9.17, 15) is 4.39 Å². The van der Waals surface area contributed by atoms with Crippen LogP contribution in [0.3, 0.4) is 0 Å². The standard InChI is InChI=1S/C20H25FO.C2H6/c1-13(2)14-7-9-16(18(11-14)20(3,4)5)17-12-15(22-6)8-10-19(17)21;1-2/h7-13H,1-6H3;1-2H3. The third-order valence-electron chi connectivity index (χ3n) is 3.98. The highest BCUT2D eigenvalue weighted by atomic mass is 19.1. The Morgan fingerprint density at radius 1 is 0.917 bits per heavy atom. The molecule has 0 amide bonds. The minimum Gasteiger partial charge on any atom is -0.497 e. The van der Waals surface area contributed by atoms with Crippen LogP contribution in [0.5, 0.6) is 5.75 Å². The van der Waals surface area contributed by atoms with Crippen LogP contribution < -0.4 is 4.74 Å². The van der Waals surface area contributed by atoms with Gasteiger partial charge in [-0.15, -0.1) is 0 Å². The molecule has 0 aromatic heterocycles. The fourth-order valence-electron chi connectivity index (χ4n) is 2.61. The van der Waals surface area contributed by atoms with Crippen LogP contribution in [0.15, 0.2) is 36.4 Å². The molecule has 0 atom stereocenters. The van der Waals surface area contributed by atoms with Gasteiger partial charge >= 0.3 is 0 Å². The molecule has 0 saturated heterocycles. The first-order valence-electron chi connectivity index (χ1n) is 8.72. The van der Waals surface area contributed by atoms with Crippen molar-refractivity contribution in [3.8, 4) is 16.9 Å². The summed E-state index contributed by atoms with van der Waals surface area (Å²) in [6.07, 6.45) is 0. The lowest BCUT2D eigenvalue weighted by Gasteiger charge is -2.25. The van der Waals surface area contributed by atoms with E-state index in [1.807, 2.05) is 19.9 Å². The van der Waals surface area contributed by atoms with Gasteiger partial charge in [0.15, 0.2) is 0 Å². The molecule has 0 bridgehead atoms. The first kappa shape index (κ1) is 20.2. The summed E-state index contributed by atoms with van der Waals surface area (Å²) in [5.41, 5.74) is 3.91. The Kier molecular flexibility index (Phi) is 7.01. The Morgan fingerprint density at radius 3 is 2.04 bits per heavy atom. The fourth-order valence-corrected chi connectivity index (χ4v) is 2.61. The SMILES string of the molecule is CC.COc1ccc(F)c(-c2ccc(C(C)C)cc2C(C)(C)C)c1. The van der Waals surface area contributed by atoms with E-state index < -0.39 is 0 Å². The van der Waals surface area contributed by atoms with Crippen LogP contribution in [0.2, 0.25) is 0 Å². The van der Waals surface area contributed by atoms with Crippen molar-refractivity contribution in [1.29, 1.82) is 0 Å². The number of ether oxygens (including phenoxy) is 1. The van der Waals surface area contributed by atoms with Crippen LogP contribution in [0.4, 0.5) is 4.39 Å². The topological polar surface area (TPSA) is 9.23 Å². The van der Waals surface area contributed by atoms with Gasteiger partial charge < -0.3 is 4.74 Å². The van der Waals surface area contributed by atoms with Crippen LogP contribution in [-0.2, 0) is 5.41 Å². The molecule has 0 N–H and O–H groups in total. The van der Waals surface area contributed by atoms with Crippen LogP contribution in [0.25, 0.3) is 11.1 Å². The Balaban J connectivity index is 0.00000139. The quantitative estimate of drug-likeness (QED) is 0.591. The minimum absolute atomic E-state index is 0.0598.